The molecule has 2 N–H and O–H groups in total. The number of halogens is 2. The number of benzene rings is 2. The Hall–Kier alpha value is -2.92. The summed E-state index contributed by atoms with van der Waals surface area (Å²) in [5, 5.41) is 2.38. The molecule has 12 heteroatoms. The molecule has 3 aromatic rings. The molecule has 0 aliphatic carbocycles. The molecule has 0 unspecified atom stereocenters. The van der Waals surface area contributed by atoms with Gasteiger partial charge in [-0.25, -0.2) is 22.8 Å². The summed E-state index contributed by atoms with van der Waals surface area (Å²) in [7, 11) is -4.10. The predicted octanol–water partition coefficient (Wildman–Crippen LogP) is 4.29. The quantitative estimate of drug-likeness (QED) is 0.509. The second-order valence-electron chi connectivity index (χ2n) is 6.65. The number of anilines is 2. The number of amides is 4. The first-order valence-corrected chi connectivity index (χ1v) is 12.0. The van der Waals surface area contributed by atoms with Crippen molar-refractivity contribution in [1.29, 1.82) is 0 Å². The first-order chi connectivity index (χ1) is 15.2. The maximum absolute atomic E-state index is 12.8. The average Bonchev–Trinajstić information content (AvgIpc) is 3.16. The van der Waals surface area contributed by atoms with Crippen molar-refractivity contribution >= 4 is 73.8 Å². The third-order valence-corrected chi connectivity index (χ3v) is 7.89. The van der Waals surface area contributed by atoms with E-state index < -0.39 is 27.9 Å². The smallest absolute Gasteiger partial charge is 0.307 e. The van der Waals surface area contributed by atoms with Crippen LogP contribution in [-0.2, 0) is 21.2 Å². The number of carbonyl (C=O) groups is 3. The fourth-order valence-electron chi connectivity index (χ4n) is 3.14. The molecule has 1 aliphatic heterocycles. The Kier molecular flexibility index (Phi) is 5.95. The molecule has 164 valence electrons. The minimum Gasteiger partial charge on any atom is -0.307 e. The number of sulfonamides is 1. The number of carbonyl (C=O) groups excluding carboxylic acids is 3. The lowest BCUT2D eigenvalue weighted by Gasteiger charge is -2.27. The third kappa shape index (κ3) is 4.35. The van der Waals surface area contributed by atoms with E-state index in [-0.39, 0.29) is 31.4 Å². The summed E-state index contributed by atoms with van der Waals surface area (Å²) in [5.74, 6) is -0.937. The molecule has 0 saturated heterocycles. The number of nitrogens with one attached hydrogen (secondary N) is 2. The Morgan fingerprint density at radius 1 is 1.03 bits per heavy atom. The van der Waals surface area contributed by atoms with Gasteiger partial charge in [-0.15, -0.1) is 11.3 Å². The number of thiophene rings is 1. The van der Waals surface area contributed by atoms with Crippen LogP contribution in [0.2, 0.25) is 9.36 Å². The van der Waals surface area contributed by atoms with Gasteiger partial charge in [0.2, 0.25) is 5.91 Å². The molecule has 32 heavy (non-hydrogen) atoms. The average molecular weight is 510 g/mol. The Morgan fingerprint density at radius 3 is 2.47 bits per heavy atom. The zero-order valence-corrected chi connectivity index (χ0v) is 19.1. The zero-order valence-electron chi connectivity index (χ0n) is 16.0. The standard InChI is InChI=1S/C20H13Cl2N3O5S2/c21-14-10-12(23-20(28)24-32(29,30)18-8-7-16(22)31-18)5-6-15(14)25-17(26)9-11-3-1-2-4-13(11)19(25)27/h1-8,10H,9H2,(H2,23,24,28). The third-order valence-electron chi connectivity index (χ3n) is 4.53. The van der Waals surface area contributed by atoms with Crippen LogP contribution in [0.15, 0.2) is 58.8 Å². The molecule has 0 fully saturated rings. The summed E-state index contributed by atoms with van der Waals surface area (Å²) in [6.07, 6.45) is 0.0469. The minimum atomic E-state index is -4.10. The van der Waals surface area contributed by atoms with Gasteiger partial charge in [0.15, 0.2) is 0 Å². The topological polar surface area (TPSA) is 113 Å². The Morgan fingerprint density at radius 2 is 1.78 bits per heavy atom. The van der Waals surface area contributed by atoms with Gasteiger partial charge >= 0.3 is 6.03 Å². The maximum Gasteiger partial charge on any atom is 0.333 e. The summed E-state index contributed by atoms with van der Waals surface area (Å²) < 4.78 is 26.5. The lowest BCUT2D eigenvalue weighted by Crippen LogP contribution is -2.42. The molecule has 4 amide bonds. The highest BCUT2D eigenvalue weighted by Gasteiger charge is 2.33. The zero-order chi connectivity index (χ0) is 23.0. The van der Waals surface area contributed by atoms with Crippen LogP contribution in [-0.4, -0.2) is 26.3 Å². The van der Waals surface area contributed by atoms with Crippen molar-refractivity contribution in [1.82, 2.24) is 4.72 Å². The van der Waals surface area contributed by atoms with E-state index in [2.05, 4.69) is 5.32 Å². The Labute approximate surface area is 196 Å². The van der Waals surface area contributed by atoms with E-state index in [9.17, 15) is 22.8 Å². The van der Waals surface area contributed by atoms with E-state index in [4.69, 9.17) is 23.2 Å². The second-order valence-corrected chi connectivity index (χ2v) is 10.7. The van der Waals surface area contributed by atoms with E-state index in [0.717, 1.165) is 16.2 Å². The lowest BCUT2D eigenvalue weighted by atomic mass is 9.98. The molecule has 0 bridgehead atoms. The van der Waals surface area contributed by atoms with Crippen LogP contribution < -0.4 is 14.9 Å². The van der Waals surface area contributed by atoms with Crippen LogP contribution >= 0.6 is 34.5 Å². The molecule has 0 atom stereocenters. The molecule has 2 aromatic carbocycles. The molecule has 0 radical (unpaired) electrons. The van der Waals surface area contributed by atoms with E-state index in [1.807, 2.05) is 4.72 Å². The van der Waals surface area contributed by atoms with E-state index in [1.54, 1.807) is 24.3 Å². The van der Waals surface area contributed by atoms with Gasteiger partial charge in [-0.3, -0.25) is 9.59 Å². The second kappa shape index (κ2) is 8.55. The Bertz CT molecular complexity index is 1370. The van der Waals surface area contributed by atoms with Crippen molar-refractivity contribution in [2.24, 2.45) is 0 Å². The van der Waals surface area contributed by atoms with Crippen molar-refractivity contribution in [3.63, 3.8) is 0 Å². The molecule has 1 aliphatic rings. The van der Waals surface area contributed by atoms with Crippen molar-refractivity contribution < 1.29 is 22.8 Å². The Balaban J connectivity index is 1.52. The monoisotopic (exact) mass is 509 g/mol. The summed E-state index contributed by atoms with van der Waals surface area (Å²) in [6, 6.07) is 12.6. The van der Waals surface area contributed by atoms with E-state index in [0.29, 0.717) is 11.1 Å². The fraction of sp³-hybridized carbons (Fsp3) is 0.0500. The number of rotatable bonds is 4. The molecule has 4 rings (SSSR count). The van der Waals surface area contributed by atoms with Gasteiger partial charge in [0.25, 0.3) is 15.9 Å². The lowest BCUT2D eigenvalue weighted by molar-refractivity contribution is -0.117. The highest BCUT2D eigenvalue weighted by Crippen LogP contribution is 2.33. The van der Waals surface area contributed by atoms with Crippen molar-refractivity contribution in [2.45, 2.75) is 10.6 Å². The molecule has 0 spiro atoms. The van der Waals surface area contributed by atoms with Gasteiger partial charge in [-0.1, -0.05) is 41.4 Å². The minimum absolute atomic E-state index is 0.0248. The number of nitrogens with zero attached hydrogens (tertiary/aromatic N) is 1. The van der Waals surface area contributed by atoms with Gasteiger partial charge in [-0.05, 0) is 42.0 Å². The van der Waals surface area contributed by atoms with Crippen LogP contribution in [0.1, 0.15) is 15.9 Å². The fourth-order valence-corrected chi connectivity index (χ4v) is 5.79. The summed E-state index contributed by atoms with van der Waals surface area (Å²) >= 11 is 12.8. The number of urea groups is 1. The SMILES string of the molecule is O=C(Nc1ccc(N2C(=O)Cc3ccccc3C2=O)c(Cl)c1)NS(=O)(=O)c1ccc(Cl)s1. The van der Waals surface area contributed by atoms with E-state index in [1.165, 1.54) is 30.3 Å². The number of imide groups is 1. The first kappa shape index (κ1) is 22.3. The van der Waals surface area contributed by atoms with Gasteiger partial charge in [0.1, 0.15) is 4.21 Å². The van der Waals surface area contributed by atoms with E-state index >= 15 is 0 Å². The first-order valence-electron chi connectivity index (χ1n) is 8.99. The molecule has 1 aromatic heterocycles. The molecule has 2 heterocycles. The molecule has 0 saturated carbocycles. The molecular weight excluding hydrogens is 497 g/mol. The van der Waals surface area contributed by atoms with Crippen LogP contribution in [0.25, 0.3) is 0 Å². The van der Waals surface area contributed by atoms with Crippen molar-refractivity contribution in [3.8, 4) is 0 Å². The predicted molar refractivity (Wildman–Crippen MR) is 122 cm³/mol. The van der Waals surface area contributed by atoms with Gasteiger partial charge in [0, 0.05) is 11.3 Å². The van der Waals surface area contributed by atoms with Gasteiger partial charge in [-0.2, -0.15) is 0 Å². The number of hydrogen-bond acceptors (Lipinski definition) is 6. The summed E-state index contributed by atoms with van der Waals surface area (Å²) in [5.41, 5.74) is 1.36. The summed E-state index contributed by atoms with van der Waals surface area (Å²) in [4.78, 5) is 38.5. The van der Waals surface area contributed by atoms with Crippen LogP contribution in [0.5, 0.6) is 0 Å². The van der Waals surface area contributed by atoms with Crippen LogP contribution in [0.3, 0.4) is 0 Å². The number of fused-ring (bicyclic) bond motifs is 1. The highest BCUT2D eigenvalue weighted by atomic mass is 35.5. The summed E-state index contributed by atoms with van der Waals surface area (Å²) in [6.45, 7) is 0. The maximum atomic E-state index is 12.8. The largest absolute Gasteiger partial charge is 0.333 e. The van der Waals surface area contributed by atoms with Crippen molar-refractivity contribution in [2.75, 3.05) is 10.2 Å². The van der Waals surface area contributed by atoms with Crippen LogP contribution in [0.4, 0.5) is 16.2 Å². The van der Waals surface area contributed by atoms with Crippen LogP contribution in [0, 0.1) is 0 Å². The molecule has 8 nitrogen and oxygen atoms in total. The van der Waals surface area contributed by atoms with Gasteiger partial charge < -0.3 is 5.32 Å². The normalized spacial score (nSPS) is 13.6. The number of hydrogen-bond donors (Lipinski definition) is 2. The van der Waals surface area contributed by atoms with Crippen molar-refractivity contribution in [3.05, 3.63) is 75.1 Å². The highest BCUT2D eigenvalue weighted by molar-refractivity contribution is 7.92. The van der Waals surface area contributed by atoms with Gasteiger partial charge in [0.05, 0.1) is 21.5 Å². The molecular formula is C20H13Cl2N3O5S2.